The lowest BCUT2D eigenvalue weighted by Crippen LogP contribution is -2.38. The molecule has 0 atom stereocenters. The van der Waals surface area contributed by atoms with E-state index in [0.29, 0.717) is 18.5 Å². The van der Waals surface area contributed by atoms with Crippen LogP contribution in [-0.4, -0.2) is 49.2 Å². The lowest BCUT2D eigenvalue weighted by molar-refractivity contribution is -0.132. The molecule has 1 heterocycles. The molecule has 4 heteroatoms. The third-order valence-electron chi connectivity index (χ3n) is 1.94. The molecule has 0 N–H and O–H groups in total. The van der Waals surface area contributed by atoms with Crippen molar-refractivity contribution >= 4 is 11.7 Å². The van der Waals surface area contributed by atoms with Gasteiger partial charge in [-0.05, 0) is 0 Å². The molecule has 1 aliphatic heterocycles. The van der Waals surface area contributed by atoms with E-state index in [4.69, 9.17) is 0 Å². The highest BCUT2D eigenvalue weighted by Crippen LogP contribution is 2.12. The number of carbonyl (C=O) groups excluding carboxylic acids is 2. The van der Waals surface area contributed by atoms with Gasteiger partial charge in [-0.1, -0.05) is 0 Å². The summed E-state index contributed by atoms with van der Waals surface area (Å²) in [5.74, 6) is -0.234. The number of piperidine rings is 1. The molecular weight excluding hydrogens is 168 g/mol. The van der Waals surface area contributed by atoms with E-state index in [1.807, 2.05) is 0 Å². The number of hydrogen-bond acceptors (Lipinski definition) is 3. The molecule has 13 heavy (non-hydrogen) atoms. The molecular formula is C9H14N2O2. The van der Waals surface area contributed by atoms with Crippen LogP contribution in [0, 0.1) is 0 Å². The average Bonchev–Trinajstić information content (AvgIpc) is 2.05. The number of nitrogens with zero attached hydrogens (tertiary/aromatic N) is 2. The minimum atomic E-state index is -0.176. The molecule has 0 unspecified atom stereocenters. The molecule has 1 rings (SSSR count). The van der Waals surface area contributed by atoms with Crippen molar-refractivity contribution in [2.45, 2.75) is 6.42 Å². The maximum absolute atomic E-state index is 11.5. The van der Waals surface area contributed by atoms with Crippen molar-refractivity contribution in [3.63, 3.8) is 0 Å². The minimum Gasteiger partial charge on any atom is -0.383 e. The maximum Gasteiger partial charge on any atom is 0.258 e. The summed E-state index contributed by atoms with van der Waals surface area (Å²) in [4.78, 5) is 26.1. The van der Waals surface area contributed by atoms with Gasteiger partial charge in [-0.25, -0.2) is 0 Å². The second-order valence-electron chi connectivity index (χ2n) is 3.41. The summed E-state index contributed by atoms with van der Waals surface area (Å²) >= 11 is 0. The van der Waals surface area contributed by atoms with Gasteiger partial charge in [0.25, 0.3) is 5.91 Å². The Morgan fingerprint density at radius 3 is 2.54 bits per heavy atom. The number of hydrogen-bond donors (Lipinski definition) is 0. The number of rotatable bonds is 1. The van der Waals surface area contributed by atoms with Crippen molar-refractivity contribution in [1.29, 1.82) is 0 Å². The van der Waals surface area contributed by atoms with Crippen molar-refractivity contribution in [3.05, 3.63) is 11.8 Å². The van der Waals surface area contributed by atoms with Crippen molar-refractivity contribution < 1.29 is 9.59 Å². The van der Waals surface area contributed by atoms with Crippen LogP contribution in [0.15, 0.2) is 11.8 Å². The summed E-state index contributed by atoms with van der Waals surface area (Å²) in [7, 11) is 5.29. The molecule has 0 radical (unpaired) electrons. The zero-order chi connectivity index (χ0) is 10.0. The van der Waals surface area contributed by atoms with E-state index in [0.717, 1.165) is 0 Å². The Labute approximate surface area is 77.8 Å². The van der Waals surface area contributed by atoms with E-state index < -0.39 is 0 Å². The second-order valence-corrected chi connectivity index (χ2v) is 3.41. The molecule has 0 aromatic heterocycles. The number of ketones is 1. The third kappa shape index (κ3) is 2.08. The van der Waals surface area contributed by atoms with Crippen LogP contribution in [0.2, 0.25) is 0 Å². The predicted molar refractivity (Wildman–Crippen MR) is 49.0 cm³/mol. The van der Waals surface area contributed by atoms with Gasteiger partial charge in [-0.2, -0.15) is 0 Å². The van der Waals surface area contributed by atoms with Gasteiger partial charge in [-0.15, -0.1) is 0 Å². The van der Waals surface area contributed by atoms with Crippen molar-refractivity contribution in [2.75, 3.05) is 27.7 Å². The molecule has 4 nitrogen and oxygen atoms in total. The first-order chi connectivity index (χ1) is 6.02. The van der Waals surface area contributed by atoms with Crippen LogP contribution in [0.25, 0.3) is 0 Å². The number of likely N-dealkylation sites (N-methyl/N-ethyl adjacent to an activating group) is 1. The SMILES string of the molecule is CN(C)C=C1C(=O)CCN(C)C1=O. The number of amides is 1. The standard InChI is InChI=1S/C9H14N2O2/c1-10(2)6-7-8(12)4-5-11(3)9(7)13/h6H,4-5H2,1-3H3. The highest BCUT2D eigenvalue weighted by atomic mass is 16.2. The molecule has 1 amide bonds. The summed E-state index contributed by atoms with van der Waals surface area (Å²) in [6.07, 6.45) is 2.02. The zero-order valence-corrected chi connectivity index (χ0v) is 8.20. The highest BCUT2D eigenvalue weighted by Gasteiger charge is 2.27. The van der Waals surface area contributed by atoms with Gasteiger partial charge < -0.3 is 9.80 Å². The van der Waals surface area contributed by atoms with Crippen LogP contribution in [-0.2, 0) is 9.59 Å². The van der Waals surface area contributed by atoms with Gasteiger partial charge in [-0.3, -0.25) is 9.59 Å². The fourth-order valence-electron chi connectivity index (χ4n) is 1.22. The monoisotopic (exact) mass is 182 g/mol. The van der Waals surface area contributed by atoms with Gasteiger partial charge in [0.05, 0.1) is 5.57 Å². The Hall–Kier alpha value is -1.32. The fraction of sp³-hybridized carbons (Fsp3) is 0.556. The lowest BCUT2D eigenvalue weighted by atomic mass is 10.0. The first-order valence-corrected chi connectivity index (χ1v) is 4.19. The third-order valence-corrected chi connectivity index (χ3v) is 1.94. The van der Waals surface area contributed by atoms with Crippen molar-refractivity contribution in [3.8, 4) is 0 Å². The zero-order valence-electron chi connectivity index (χ0n) is 8.20. The fourth-order valence-corrected chi connectivity index (χ4v) is 1.22. The molecule has 72 valence electrons. The average molecular weight is 182 g/mol. The molecule has 0 aromatic carbocycles. The minimum absolute atomic E-state index is 0.0585. The van der Waals surface area contributed by atoms with Crippen LogP contribution in [0.4, 0.5) is 0 Å². The molecule has 1 fully saturated rings. The van der Waals surface area contributed by atoms with Crippen LogP contribution in [0.3, 0.4) is 0 Å². The smallest absolute Gasteiger partial charge is 0.258 e. The molecule has 1 saturated heterocycles. The largest absolute Gasteiger partial charge is 0.383 e. The molecule has 0 spiro atoms. The summed E-state index contributed by atoms with van der Waals surface area (Å²) in [6.45, 7) is 0.530. The number of Topliss-reactive ketones (excluding diaryl/α,β-unsaturated/α-hetero) is 1. The van der Waals surface area contributed by atoms with E-state index in [1.54, 1.807) is 37.1 Å². The molecule has 1 aliphatic rings. The Bertz CT molecular complexity index is 269. The molecule has 0 aromatic rings. The van der Waals surface area contributed by atoms with E-state index in [1.165, 1.54) is 0 Å². The number of carbonyl (C=O) groups is 2. The van der Waals surface area contributed by atoms with Crippen molar-refractivity contribution in [1.82, 2.24) is 9.80 Å². The van der Waals surface area contributed by atoms with E-state index in [2.05, 4.69) is 0 Å². The summed E-state index contributed by atoms with van der Waals surface area (Å²) in [5.41, 5.74) is 0.291. The van der Waals surface area contributed by atoms with E-state index >= 15 is 0 Å². The number of likely N-dealkylation sites (tertiary alicyclic amines) is 1. The normalized spacial score (nSPS) is 21.2. The summed E-state index contributed by atoms with van der Waals surface area (Å²) in [6, 6.07) is 0. The first kappa shape index (κ1) is 9.77. The van der Waals surface area contributed by atoms with Gasteiger partial charge in [0.15, 0.2) is 5.78 Å². The second kappa shape index (κ2) is 3.60. The van der Waals surface area contributed by atoms with Crippen molar-refractivity contribution in [2.24, 2.45) is 0 Å². The van der Waals surface area contributed by atoms with Gasteiger partial charge >= 0.3 is 0 Å². The molecule has 0 saturated carbocycles. The van der Waals surface area contributed by atoms with Gasteiger partial charge in [0, 0.05) is 40.3 Å². The van der Waals surface area contributed by atoms with E-state index in [-0.39, 0.29) is 11.7 Å². The Kier molecular flexibility index (Phi) is 2.70. The Morgan fingerprint density at radius 1 is 1.38 bits per heavy atom. The van der Waals surface area contributed by atoms with Gasteiger partial charge in [0.2, 0.25) is 0 Å². The molecule has 0 aliphatic carbocycles. The topological polar surface area (TPSA) is 40.6 Å². The maximum atomic E-state index is 11.5. The predicted octanol–water partition coefficient (Wildman–Crippen LogP) is -0.137. The summed E-state index contributed by atoms with van der Waals surface area (Å²) < 4.78 is 0. The van der Waals surface area contributed by atoms with Crippen LogP contribution in [0.5, 0.6) is 0 Å². The molecule has 0 bridgehead atoms. The Balaban J connectivity index is 2.91. The van der Waals surface area contributed by atoms with Crippen LogP contribution >= 0.6 is 0 Å². The summed E-state index contributed by atoms with van der Waals surface area (Å²) in [5, 5.41) is 0. The first-order valence-electron chi connectivity index (χ1n) is 4.19. The quantitative estimate of drug-likeness (QED) is 0.419. The van der Waals surface area contributed by atoms with E-state index in [9.17, 15) is 9.59 Å². The van der Waals surface area contributed by atoms with Crippen LogP contribution in [0.1, 0.15) is 6.42 Å². The highest BCUT2D eigenvalue weighted by molar-refractivity contribution is 6.20. The van der Waals surface area contributed by atoms with Gasteiger partial charge in [0.1, 0.15) is 0 Å². The Morgan fingerprint density at radius 2 is 2.00 bits per heavy atom. The lowest BCUT2D eigenvalue weighted by Gasteiger charge is -2.24. The van der Waals surface area contributed by atoms with Crippen LogP contribution < -0.4 is 0 Å².